The average Bonchev–Trinajstić information content (AvgIpc) is 3.06. The third-order valence-corrected chi connectivity index (χ3v) is 7.51. The summed E-state index contributed by atoms with van der Waals surface area (Å²) in [5, 5.41) is 0. The fraction of sp³-hybridized carbons (Fsp3) is 0.737. The molecule has 0 saturated carbocycles. The Labute approximate surface area is 166 Å². The molecule has 28 heavy (non-hydrogen) atoms. The number of fused-ring (bicyclic) bond motifs is 2. The standard InChI is InChI=1S/C19H29N3O5S/c1-21-7-3-6-18(21)19(23)22-15-4-2-5-16(22)11-14(10-15)20-28(24,25)13-17-12-26-8-9-27-17/h3,6-7,14-17,20H,2,4-5,8-13H2,1H3/t14?,15-,16+,17?. The maximum atomic E-state index is 13.1. The summed E-state index contributed by atoms with van der Waals surface area (Å²) in [4.78, 5) is 15.1. The number of hydrogen-bond donors (Lipinski definition) is 1. The molecule has 8 nitrogen and oxygen atoms in total. The molecule has 2 bridgehead atoms. The lowest BCUT2D eigenvalue weighted by atomic mass is 9.82. The molecule has 4 heterocycles. The molecule has 2 unspecified atom stereocenters. The zero-order valence-corrected chi connectivity index (χ0v) is 17.1. The number of nitrogens with one attached hydrogen (secondary N) is 1. The van der Waals surface area contributed by atoms with Gasteiger partial charge in [0, 0.05) is 31.4 Å². The SMILES string of the molecule is Cn1cccc1C(=O)N1[C@@H]2CCC[C@H]1CC(NS(=O)(=O)CC1COCCO1)C2. The van der Waals surface area contributed by atoms with Gasteiger partial charge < -0.3 is 18.9 Å². The Kier molecular flexibility index (Phi) is 5.78. The first-order valence-electron chi connectivity index (χ1n) is 10.1. The van der Waals surface area contributed by atoms with Gasteiger partial charge in [0.05, 0.1) is 31.7 Å². The monoisotopic (exact) mass is 411 g/mol. The molecule has 9 heteroatoms. The van der Waals surface area contributed by atoms with Crippen molar-refractivity contribution in [2.24, 2.45) is 7.05 Å². The fourth-order valence-corrected chi connectivity index (χ4v) is 6.28. The van der Waals surface area contributed by atoms with Crippen molar-refractivity contribution in [1.29, 1.82) is 0 Å². The summed E-state index contributed by atoms with van der Waals surface area (Å²) in [7, 11) is -1.59. The van der Waals surface area contributed by atoms with E-state index in [9.17, 15) is 13.2 Å². The van der Waals surface area contributed by atoms with Crippen molar-refractivity contribution < 1.29 is 22.7 Å². The molecule has 1 amide bonds. The van der Waals surface area contributed by atoms with Crippen LogP contribution in [0.2, 0.25) is 0 Å². The first-order valence-corrected chi connectivity index (χ1v) is 11.7. The summed E-state index contributed by atoms with van der Waals surface area (Å²) in [6.07, 6.45) is 5.71. The highest BCUT2D eigenvalue weighted by Gasteiger charge is 2.42. The highest BCUT2D eigenvalue weighted by Crippen LogP contribution is 2.35. The lowest BCUT2D eigenvalue weighted by molar-refractivity contribution is -0.0783. The third kappa shape index (κ3) is 4.27. The van der Waals surface area contributed by atoms with Crippen molar-refractivity contribution >= 4 is 15.9 Å². The summed E-state index contributed by atoms with van der Waals surface area (Å²) in [6, 6.07) is 3.75. The second-order valence-electron chi connectivity index (χ2n) is 8.09. The van der Waals surface area contributed by atoms with E-state index in [0.717, 1.165) is 19.3 Å². The van der Waals surface area contributed by atoms with Gasteiger partial charge in [0.25, 0.3) is 5.91 Å². The lowest BCUT2D eigenvalue weighted by Gasteiger charge is -2.49. The Hall–Kier alpha value is -1.42. The summed E-state index contributed by atoms with van der Waals surface area (Å²) in [6.45, 7) is 1.26. The number of aromatic nitrogens is 1. The quantitative estimate of drug-likeness (QED) is 0.777. The summed E-state index contributed by atoms with van der Waals surface area (Å²) in [5.74, 6) is -0.0264. The van der Waals surface area contributed by atoms with E-state index < -0.39 is 16.1 Å². The van der Waals surface area contributed by atoms with Crippen molar-refractivity contribution in [3.8, 4) is 0 Å². The van der Waals surface area contributed by atoms with Gasteiger partial charge >= 0.3 is 0 Å². The van der Waals surface area contributed by atoms with E-state index in [1.54, 1.807) is 0 Å². The van der Waals surface area contributed by atoms with Gasteiger partial charge in [0.2, 0.25) is 10.0 Å². The van der Waals surface area contributed by atoms with E-state index in [-0.39, 0.29) is 29.8 Å². The Morgan fingerprint density at radius 2 is 2.00 bits per heavy atom. The molecule has 1 N–H and O–H groups in total. The number of nitrogens with zero attached hydrogens (tertiary/aromatic N) is 2. The number of rotatable bonds is 5. The topological polar surface area (TPSA) is 89.9 Å². The maximum absolute atomic E-state index is 13.1. The van der Waals surface area contributed by atoms with Gasteiger partial charge in [-0.2, -0.15) is 0 Å². The summed E-state index contributed by atoms with van der Waals surface area (Å²) < 4.78 is 40.7. The number of sulfonamides is 1. The molecule has 3 aliphatic heterocycles. The van der Waals surface area contributed by atoms with E-state index in [1.807, 2.05) is 34.8 Å². The molecule has 0 aliphatic carbocycles. The molecular weight excluding hydrogens is 382 g/mol. The minimum Gasteiger partial charge on any atom is -0.376 e. The number of aryl methyl sites for hydroxylation is 1. The highest BCUT2D eigenvalue weighted by molar-refractivity contribution is 7.89. The second-order valence-corrected chi connectivity index (χ2v) is 9.89. The minimum absolute atomic E-state index is 0.0521. The molecule has 4 rings (SSSR count). The smallest absolute Gasteiger partial charge is 0.270 e. The molecular formula is C19H29N3O5S. The van der Waals surface area contributed by atoms with E-state index >= 15 is 0 Å². The normalized spacial score (nSPS) is 31.0. The predicted molar refractivity (Wildman–Crippen MR) is 104 cm³/mol. The van der Waals surface area contributed by atoms with Gasteiger partial charge in [-0.25, -0.2) is 13.1 Å². The van der Waals surface area contributed by atoms with Crippen LogP contribution in [0.15, 0.2) is 18.3 Å². The zero-order chi connectivity index (χ0) is 19.7. The summed E-state index contributed by atoms with van der Waals surface area (Å²) >= 11 is 0. The maximum Gasteiger partial charge on any atom is 0.270 e. The van der Waals surface area contributed by atoms with Crippen LogP contribution in [0.25, 0.3) is 0 Å². The Balaban J connectivity index is 1.41. The van der Waals surface area contributed by atoms with Crippen LogP contribution in [-0.2, 0) is 26.5 Å². The van der Waals surface area contributed by atoms with Crippen molar-refractivity contribution in [3.05, 3.63) is 24.0 Å². The van der Waals surface area contributed by atoms with Crippen molar-refractivity contribution in [2.45, 2.75) is 56.3 Å². The molecule has 3 aliphatic rings. The number of carbonyl (C=O) groups is 1. The van der Waals surface area contributed by atoms with Gasteiger partial charge in [-0.1, -0.05) is 0 Å². The number of ether oxygens (including phenoxy) is 2. The number of amides is 1. The van der Waals surface area contributed by atoms with Gasteiger partial charge in [0.15, 0.2) is 0 Å². The molecule has 156 valence electrons. The third-order valence-electron chi connectivity index (χ3n) is 6.01. The molecule has 0 aromatic carbocycles. The van der Waals surface area contributed by atoms with Crippen molar-refractivity contribution in [1.82, 2.24) is 14.2 Å². The van der Waals surface area contributed by atoms with E-state index in [0.29, 0.717) is 38.4 Å². The predicted octanol–water partition coefficient (Wildman–Crippen LogP) is 0.886. The molecule has 1 aromatic rings. The second kappa shape index (κ2) is 8.14. The van der Waals surface area contributed by atoms with Gasteiger partial charge in [-0.3, -0.25) is 4.79 Å². The minimum atomic E-state index is -3.46. The van der Waals surface area contributed by atoms with E-state index in [2.05, 4.69) is 4.72 Å². The van der Waals surface area contributed by atoms with Crippen molar-refractivity contribution in [3.63, 3.8) is 0 Å². The number of hydrogen-bond acceptors (Lipinski definition) is 5. The molecule has 0 spiro atoms. The first-order chi connectivity index (χ1) is 13.4. The van der Waals surface area contributed by atoms with Gasteiger partial charge in [-0.05, 0) is 44.2 Å². The number of piperidine rings is 2. The van der Waals surface area contributed by atoms with Gasteiger partial charge in [0.1, 0.15) is 5.69 Å². The fourth-order valence-electron chi connectivity index (χ4n) is 4.80. The Morgan fingerprint density at radius 3 is 2.61 bits per heavy atom. The molecule has 3 saturated heterocycles. The van der Waals surface area contributed by atoms with E-state index in [4.69, 9.17) is 9.47 Å². The molecule has 4 atom stereocenters. The van der Waals surface area contributed by atoms with Crippen LogP contribution in [0.1, 0.15) is 42.6 Å². The van der Waals surface area contributed by atoms with Crippen LogP contribution >= 0.6 is 0 Å². The Morgan fingerprint density at radius 1 is 1.25 bits per heavy atom. The largest absolute Gasteiger partial charge is 0.376 e. The average molecular weight is 412 g/mol. The summed E-state index contributed by atoms with van der Waals surface area (Å²) in [5.41, 5.74) is 0.686. The molecule has 0 radical (unpaired) electrons. The zero-order valence-electron chi connectivity index (χ0n) is 16.2. The molecule has 1 aromatic heterocycles. The van der Waals surface area contributed by atoms with Crippen LogP contribution in [-0.4, -0.2) is 73.6 Å². The van der Waals surface area contributed by atoms with Gasteiger partial charge in [-0.15, -0.1) is 0 Å². The van der Waals surface area contributed by atoms with Crippen LogP contribution in [0, 0.1) is 0 Å². The van der Waals surface area contributed by atoms with E-state index in [1.165, 1.54) is 0 Å². The highest BCUT2D eigenvalue weighted by atomic mass is 32.2. The number of carbonyl (C=O) groups excluding carboxylic acids is 1. The van der Waals surface area contributed by atoms with Crippen LogP contribution < -0.4 is 4.72 Å². The van der Waals surface area contributed by atoms with Crippen LogP contribution in [0.5, 0.6) is 0 Å². The molecule has 3 fully saturated rings. The van der Waals surface area contributed by atoms with Crippen LogP contribution in [0.3, 0.4) is 0 Å². The van der Waals surface area contributed by atoms with Crippen LogP contribution in [0.4, 0.5) is 0 Å². The first kappa shape index (κ1) is 19.9. The lowest BCUT2D eigenvalue weighted by Crippen LogP contribution is -2.59. The van der Waals surface area contributed by atoms with Crippen molar-refractivity contribution in [2.75, 3.05) is 25.6 Å². The Bertz CT molecular complexity index is 788.